The van der Waals surface area contributed by atoms with Crippen LogP contribution in [0.3, 0.4) is 0 Å². The zero-order valence-corrected chi connectivity index (χ0v) is 16.5. The van der Waals surface area contributed by atoms with Crippen LogP contribution in [-0.4, -0.2) is 68.3 Å². The lowest BCUT2D eigenvalue weighted by atomic mass is 9.97. The van der Waals surface area contributed by atoms with Crippen LogP contribution in [0.1, 0.15) is 33.1 Å². The molecule has 7 heteroatoms. The molecule has 2 atom stereocenters. The molecule has 0 saturated carbocycles. The van der Waals surface area contributed by atoms with Crippen molar-refractivity contribution in [2.75, 3.05) is 32.7 Å². The summed E-state index contributed by atoms with van der Waals surface area (Å²) < 4.78 is 26.9. The standard InChI is InChI=1S/C19H29N3O3S/c1-16-7-6-8-17(2)22(16)19(23)15-20-11-13-21(14-12-20)26(24,25)18-9-4-3-5-10-18/h3-5,9-10,16-17H,6-8,11-15H2,1-2H3/p+1/t16-,17-/m1/s1. The maximum Gasteiger partial charge on any atom is 0.278 e. The highest BCUT2D eigenvalue weighted by atomic mass is 32.2. The first kappa shape index (κ1) is 19.3. The van der Waals surface area contributed by atoms with Gasteiger partial charge in [0.05, 0.1) is 31.1 Å². The highest BCUT2D eigenvalue weighted by Gasteiger charge is 2.34. The van der Waals surface area contributed by atoms with Gasteiger partial charge in [-0.2, -0.15) is 4.31 Å². The molecule has 0 spiro atoms. The quantitative estimate of drug-likeness (QED) is 0.821. The first-order chi connectivity index (χ1) is 12.4. The molecule has 1 N–H and O–H groups in total. The van der Waals surface area contributed by atoms with Crippen LogP contribution in [0.2, 0.25) is 0 Å². The van der Waals surface area contributed by atoms with Crippen molar-refractivity contribution in [1.29, 1.82) is 0 Å². The van der Waals surface area contributed by atoms with Crippen molar-refractivity contribution < 1.29 is 18.1 Å². The van der Waals surface area contributed by atoms with E-state index in [0.717, 1.165) is 12.8 Å². The van der Waals surface area contributed by atoms with Crippen LogP contribution in [0.5, 0.6) is 0 Å². The second-order valence-corrected chi connectivity index (χ2v) is 9.51. The summed E-state index contributed by atoms with van der Waals surface area (Å²) in [5.41, 5.74) is 0. The van der Waals surface area contributed by atoms with E-state index >= 15 is 0 Å². The Balaban J connectivity index is 1.56. The number of quaternary nitrogens is 1. The van der Waals surface area contributed by atoms with Crippen molar-refractivity contribution in [3.8, 4) is 0 Å². The fraction of sp³-hybridized carbons (Fsp3) is 0.632. The Morgan fingerprint density at radius 2 is 1.65 bits per heavy atom. The van der Waals surface area contributed by atoms with Crippen molar-refractivity contribution >= 4 is 15.9 Å². The zero-order valence-electron chi connectivity index (χ0n) is 15.7. The molecule has 2 aliphatic rings. The number of piperidine rings is 1. The molecule has 2 fully saturated rings. The van der Waals surface area contributed by atoms with Crippen LogP contribution in [0.4, 0.5) is 0 Å². The van der Waals surface area contributed by atoms with E-state index in [9.17, 15) is 13.2 Å². The molecular weight excluding hydrogens is 350 g/mol. The molecule has 2 aliphatic heterocycles. The van der Waals surface area contributed by atoms with Gasteiger partial charge in [-0.3, -0.25) is 4.79 Å². The van der Waals surface area contributed by atoms with Gasteiger partial charge in [0.15, 0.2) is 6.54 Å². The Kier molecular flexibility index (Phi) is 5.99. The van der Waals surface area contributed by atoms with Crippen molar-refractivity contribution in [2.45, 2.75) is 50.1 Å². The highest BCUT2D eigenvalue weighted by Crippen LogP contribution is 2.22. The third-order valence-electron chi connectivity index (χ3n) is 5.69. The summed E-state index contributed by atoms with van der Waals surface area (Å²) in [5.74, 6) is 0.207. The van der Waals surface area contributed by atoms with Crippen LogP contribution < -0.4 is 4.90 Å². The van der Waals surface area contributed by atoms with E-state index in [1.807, 2.05) is 11.0 Å². The second-order valence-electron chi connectivity index (χ2n) is 7.57. The zero-order chi connectivity index (χ0) is 18.7. The number of nitrogens with one attached hydrogen (secondary N) is 1. The Bertz CT molecular complexity index is 705. The van der Waals surface area contributed by atoms with Crippen molar-refractivity contribution in [2.24, 2.45) is 0 Å². The number of nitrogens with zero attached hydrogens (tertiary/aromatic N) is 2. The van der Waals surface area contributed by atoms with Crippen molar-refractivity contribution in [3.63, 3.8) is 0 Å². The number of amides is 1. The van der Waals surface area contributed by atoms with Gasteiger partial charge in [-0.1, -0.05) is 18.2 Å². The Morgan fingerprint density at radius 3 is 2.23 bits per heavy atom. The van der Waals surface area contributed by atoms with E-state index in [1.165, 1.54) is 11.3 Å². The fourth-order valence-electron chi connectivity index (χ4n) is 4.18. The minimum Gasteiger partial charge on any atom is -0.332 e. The summed E-state index contributed by atoms with van der Waals surface area (Å²) in [4.78, 5) is 16.3. The van der Waals surface area contributed by atoms with Crippen LogP contribution in [0.15, 0.2) is 35.2 Å². The van der Waals surface area contributed by atoms with Gasteiger partial charge >= 0.3 is 0 Å². The lowest BCUT2D eigenvalue weighted by Crippen LogP contribution is -3.15. The van der Waals surface area contributed by atoms with Crippen LogP contribution >= 0.6 is 0 Å². The molecule has 3 rings (SSSR count). The third-order valence-corrected chi connectivity index (χ3v) is 7.61. The molecule has 1 aromatic carbocycles. The summed E-state index contributed by atoms with van der Waals surface area (Å²) in [5, 5.41) is 0. The van der Waals surface area contributed by atoms with Gasteiger partial charge in [-0.25, -0.2) is 8.42 Å². The molecule has 6 nitrogen and oxygen atoms in total. The van der Waals surface area contributed by atoms with E-state index in [0.29, 0.717) is 49.7 Å². The van der Waals surface area contributed by atoms with Gasteiger partial charge in [-0.05, 0) is 45.2 Å². The average Bonchev–Trinajstić information content (AvgIpc) is 2.63. The van der Waals surface area contributed by atoms with Gasteiger partial charge in [-0.15, -0.1) is 0 Å². The van der Waals surface area contributed by atoms with E-state index in [-0.39, 0.29) is 5.91 Å². The van der Waals surface area contributed by atoms with Crippen molar-refractivity contribution in [1.82, 2.24) is 9.21 Å². The van der Waals surface area contributed by atoms with Gasteiger partial charge < -0.3 is 9.80 Å². The molecule has 0 aliphatic carbocycles. The average molecular weight is 381 g/mol. The maximum absolute atomic E-state index is 12.8. The molecule has 0 aromatic heterocycles. The molecular formula is C19H30N3O3S+. The molecule has 0 unspecified atom stereocenters. The van der Waals surface area contributed by atoms with Gasteiger partial charge in [0, 0.05) is 12.1 Å². The number of piperazine rings is 1. The number of benzene rings is 1. The van der Waals surface area contributed by atoms with E-state index in [2.05, 4.69) is 13.8 Å². The predicted molar refractivity (Wildman–Crippen MR) is 100 cm³/mol. The normalized spacial score (nSPS) is 26.0. The monoisotopic (exact) mass is 380 g/mol. The molecule has 144 valence electrons. The first-order valence-electron chi connectivity index (χ1n) is 9.59. The van der Waals surface area contributed by atoms with E-state index < -0.39 is 10.0 Å². The lowest BCUT2D eigenvalue weighted by Gasteiger charge is -2.40. The highest BCUT2D eigenvalue weighted by molar-refractivity contribution is 7.89. The molecule has 2 heterocycles. The Hall–Kier alpha value is -1.44. The minimum atomic E-state index is -3.43. The summed E-state index contributed by atoms with van der Waals surface area (Å²) in [6.45, 7) is 7.01. The molecule has 0 bridgehead atoms. The number of carbonyl (C=O) groups is 1. The summed E-state index contributed by atoms with van der Waals surface area (Å²) in [7, 11) is -3.43. The van der Waals surface area contributed by atoms with E-state index in [1.54, 1.807) is 28.6 Å². The number of likely N-dealkylation sites (tertiary alicyclic amines) is 1. The molecule has 0 radical (unpaired) electrons. The lowest BCUT2D eigenvalue weighted by molar-refractivity contribution is -0.896. The largest absolute Gasteiger partial charge is 0.332 e. The van der Waals surface area contributed by atoms with E-state index in [4.69, 9.17) is 0 Å². The van der Waals surface area contributed by atoms with Crippen LogP contribution in [0, 0.1) is 0 Å². The summed E-state index contributed by atoms with van der Waals surface area (Å²) >= 11 is 0. The molecule has 1 aromatic rings. The number of carbonyl (C=O) groups excluding carboxylic acids is 1. The van der Waals surface area contributed by atoms with Gasteiger partial charge in [0.2, 0.25) is 10.0 Å². The number of sulfonamides is 1. The van der Waals surface area contributed by atoms with Gasteiger partial charge in [0.1, 0.15) is 0 Å². The van der Waals surface area contributed by atoms with Gasteiger partial charge in [0.25, 0.3) is 5.91 Å². The molecule has 26 heavy (non-hydrogen) atoms. The topological polar surface area (TPSA) is 62.1 Å². The Labute approximate surface area is 156 Å². The number of hydrogen-bond donors (Lipinski definition) is 1. The van der Waals surface area contributed by atoms with Crippen LogP contribution in [0.25, 0.3) is 0 Å². The molecule has 2 saturated heterocycles. The fourth-order valence-corrected chi connectivity index (χ4v) is 5.64. The Morgan fingerprint density at radius 1 is 1.08 bits per heavy atom. The van der Waals surface area contributed by atoms with Crippen LogP contribution in [-0.2, 0) is 14.8 Å². The summed E-state index contributed by atoms with van der Waals surface area (Å²) in [6.07, 6.45) is 3.35. The predicted octanol–water partition coefficient (Wildman–Crippen LogP) is 0.365. The smallest absolute Gasteiger partial charge is 0.278 e. The minimum absolute atomic E-state index is 0.207. The first-order valence-corrected chi connectivity index (χ1v) is 11.0. The summed E-state index contributed by atoms with van der Waals surface area (Å²) in [6, 6.07) is 9.20. The second kappa shape index (κ2) is 8.06. The van der Waals surface area contributed by atoms with Crippen molar-refractivity contribution in [3.05, 3.63) is 30.3 Å². The third kappa shape index (κ3) is 4.10. The maximum atomic E-state index is 12.8. The number of hydrogen-bond acceptors (Lipinski definition) is 3. The SMILES string of the molecule is C[C@@H]1CCC[C@@H](C)N1C(=O)C[NH+]1CCN(S(=O)(=O)c2ccccc2)CC1. The molecule has 1 amide bonds. The number of rotatable bonds is 4.